The van der Waals surface area contributed by atoms with Gasteiger partial charge in [-0.1, -0.05) is 140 Å². The smallest absolute Gasteiger partial charge is 0.0621 e. The Morgan fingerprint density at radius 2 is 0.955 bits per heavy atom. The molecular weight excluding hydrogens is 570 g/mol. The Kier molecular flexibility index (Phi) is 7.17. The SMILES string of the molecule is CC1(CP(c2ccccc2)c2ccccc2)C2CCC1(CP(c1ccccc1)c1ccccc1)C1=C2Nc2ccccc2N1. The summed E-state index contributed by atoms with van der Waals surface area (Å²) >= 11 is 0. The van der Waals surface area contributed by atoms with Gasteiger partial charge in [-0.3, -0.25) is 0 Å². The van der Waals surface area contributed by atoms with E-state index in [4.69, 9.17) is 0 Å². The molecule has 8 rings (SSSR count). The number of nitrogens with one attached hydrogen (secondary N) is 2. The van der Waals surface area contributed by atoms with E-state index in [2.05, 4.69) is 163 Å². The van der Waals surface area contributed by atoms with Gasteiger partial charge in [-0.05, 0) is 79.8 Å². The first-order valence-corrected chi connectivity index (χ1v) is 18.8. The third-order valence-corrected chi connectivity index (χ3v) is 16.0. The van der Waals surface area contributed by atoms with Crippen LogP contribution in [0.2, 0.25) is 0 Å². The lowest BCUT2D eigenvalue weighted by Crippen LogP contribution is -2.44. The van der Waals surface area contributed by atoms with Crippen LogP contribution in [0.4, 0.5) is 11.4 Å². The number of para-hydroxylation sites is 2. The minimum Gasteiger partial charge on any atom is -0.356 e. The van der Waals surface area contributed by atoms with Crippen molar-refractivity contribution in [3.8, 4) is 0 Å². The van der Waals surface area contributed by atoms with Crippen molar-refractivity contribution in [2.24, 2.45) is 16.7 Å². The molecule has 2 bridgehead atoms. The van der Waals surface area contributed by atoms with Crippen molar-refractivity contribution in [3.05, 3.63) is 157 Å². The predicted octanol–water partition coefficient (Wildman–Crippen LogP) is 8.42. The Hall–Kier alpha value is -3.70. The maximum Gasteiger partial charge on any atom is 0.0621 e. The van der Waals surface area contributed by atoms with Crippen molar-refractivity contribution in [1.29, 1.82) is 0 Å². The van der Waals surface area contributed by atoms with E-state index in [9.17, 15) is 0 Å². The lowest BCUT2D eigenvalue weighted by atomic mass is 9.68. The van der Waals surface area contributed by atoms with E-state index >= 15 is 0 Å². The molecule has 3 unspecified atom stereocenters. The quantitative estimate of drug-likeness (QED) is 0.173. The molecule has 2 aliphatic carbocycles. The van der Waals surface area contributed by atoms with Crippen LogP contribution in [-0.4, -0.2) is 12.3 Å². The Labute approximate surface area is 264 Å². The zero-order valence-electron chi connectivity index (χ0n) is 25.2. The Morgan fingerprint density at radius 1 is 0.545 bits per heavy atom. The van der Waals surface area contributed by atoms with Crippen LogP contribution in [0, 0.1) is 16.7 Å². The molecule has 0 amide bonds. The zero-order chi connectivity index (χ0) is 29.6. The van der Waals surface area contributed by atoms with E-state index in [-0.39, 0.29) is 10.8 Å². The lowest BCUT2D eigenvalue weighted by molar-refractivity contribution is 0.181. The standard InChI is InChI=1S/C40H38N2P2/c1-39(28-43(30-16-6-2-7-17-30)31-18-8-3-9-19-31)34-26-27-40(39,38-37(34)41-35-24-14-15-25-36(35)42-38)29-44(32-20-10-4-11-21-32)33-22-12-5-13-23-33/h2-25,34,41-42H,26-29H2,1H3. The van der Waals surface area contributed by atoms with Gasteiger partial charge in [0.05, 0.1) is 11.4 Å². The van der Waals surface area contributed by atoms with E-state index in [1.165, 1.54) is 63.0 Å². The molecular formula is C40H38N2P2. The number of allylic oxidation sites excluding steroid dienone is 2. The van der Waals surface area contributed by atoms with Crippen molar-refractivity contribution in [1.82, 2.24) is 0 Å². The van der Waals surface area contributed by atoms with Crippen LogP contribution in [0.3, 0.4) is 0 Å². The van der Waals surface area contributed by atoms with Gasteiger partial charge >= 0.3 is 0 Å². The minimum absolute atomic E-state index is 0.0229. The molecule has 5 aromatic rings. The minimum atomic E-state index is -0.576. The number of hydrogen-bond donors (Lipinski definition) is 2. The number of fused-ring (bicyclic) bond motifs is 5. The summed E-state index contributed by atoms with van der Waals surface area (Å²) in [6, 6.07) is 54.1. The second-order valence-corrected chi connectivity index (χ2v) is 17.1. The molecule has 0 aromatic heterocycles. The van der Waals surface area contributed by atoms with Gasteiger partial charge in [-0.2, -0.15) is 0 Å². The fourth-order valence-corrected chi connectivity index (χ4v) is 14.1. The fraction of sp³-hybridized carbons (Fsp3) is 0.200. The van der Waals surface area contributed by atoms with Crippen molar-refractivity contribution in [3.63, 3.8) is 0 Å². The molecule has 1 aliphatic heterocycles. The summed E-state index contributed by atoms with van der Waals surface area (Å²) in [7, 11) is -1.13. The summed E-state index contributed by atoms with van der Waals surface area (Å²) in [5.41, 5.74) is 5.43. The highest BCUT2D eigenvalue weighted by Crippen LogP contribution is 2.73. The maximum atomic E-state index is 4.08. The summed E-state index contributed by atoms with van der Waals surface area (Å²) in [4.78, 5) is 0. The molecule has 0 saturated heterocycles. The van der Waals surface area contributed by atoms with E-state index in [1.807, 2.05) is 0 Å². The first kappa shape index (κ1) is 27.8. The van der Waals surface area contributed by atoms with E-state index in [0.29, 0.717) is 5.92 Å². The van der Waals surface area contributed by atoms with Gasteiger partial charge in [0.25, 0.3) is 0 Å². The molecule has 218 valence electrons. The highest BCUT2D eigenvalue weighted by molar-refractivity contribution is 7.73. The van der Waals surface area contributed by atoms with Gasteiger partial charge in [0.15, 0.2) is 0 Å². The second kappa shape index (κ2) is 11.3. The topological polar surface area (TPSA) is 24.1 Å². The second-order valence-electron chi connectivity index (χ2n) is 12.7. The molecule has 1 saturated carbocycles. The van der Waals surface area contributed by atoms with Gasteiger partial charge in [0.2, 0.25) is 0 Å². The largest absolute Gasteiger partial charge is 0.356 e. The van der Waals surface area contributed by atoms with Crippen LogP contribution in [0.15, 0.2) is 157 Å². The van der Waals surface area contributed by atoms with Crippen molar-refractivity contribution < 1.29 is 0 Å². The first-order valence-electron chi connectivity index (χ1n) is 15.8. The molecule has 2 N–H and O–H groups in total. The number of anilines is 2. The lowest BCUT2D eigenvalue weighted by Gasteiger charge is -2.47. The normalized spacial score (nSPS) is 23.3. The average Bonchev–Trinajstić information content (AvgIpc) is 3.48. The Bertz CT molecular complexity index is 1710. The van der Waals surface area contributed by atoms with Crippen LogP contribution in [0.5, 0.6) is 0 Å². The molecule has 2 nitrogen and oxygen atoms in total. The Balaban J connectivity index is 1.29. The number of benzene rings is 5. The average molecular weight is 609 g/mol. The van der Waals surface area contributed by atoms with Crippen LogP contribution in [0.1, 0.15) is 19.8 Å². The highest BCUT2D eigenvalue weighted by Gasteiger charge is 2.67. The summed E-state index contributed by atoms with van der Waals surface area (Å²) in [5.74, 6) is 0.485. The van der Waals surface area contributed by atoms with Gasteiger partial charge in [0, 0.05) is 22.7 Å². The van der Waals surface area contributed by atoms with E-state index in [1.54, 1.807) is 0 Å². The maximum absolute atomic E-state index is 4.08. The van der Waals surface area contributed by atoms with E-state index in [0.717, 1.165) is 6.16 Å². The molecule has 5 aromatic carbocycles. The molecule has 1 fully saturated rings. The van der Waals surface area contributed by atoms with Crippen LogP contribution >= 0.6 is 15.8 Å². The summed E-state index contributed by atoms with van der Waals surface area (Å²) in [6.45, 7) is 2.65. The van der Waals surface area contributed by atoms with Crippen LogP contribution in [0.25, 0.3) is 0 Å². The van der Waals surface area contributed by atoms with Gasteiger partial charge in [0.1, 0.15) is 0 Å². The number of rotatable bonds is 8. The third kappa shape index (κ3) is 4.54. The summed E-state index contributed by atoms with van der Waals surface area (Å²) in [5, 5.41) is 14.0. The van der Waals surface area contributed by atoms with Crippen molar-refractivity contribution >= 4 is 48.4 Å². The monoisotopic (exact) mass is 608 g/mol. The van der Waals surface area contributed by atoms with Crippen molar-refractivity contribution in [2.75, 3.05) is 23.0 Å². The number of hydrogen-bond acceptors (Lipinski definition) is 2. The molecule has 0 radical (unpaired) electrons. The van der Waals surface area contributed by atoms with Crippen molar-refractivity contribution in [2.45, 2.75) is 19.8 Å². The molecule has 3 aliphatic rings. The van der Waals surface area contributed by atoms with E-state index < -0.39 is 15.8 Å². The molecule has 4 heteroatoms. The molecule has 44 heavy (non-hydrogen) atoms. The zero-order valence-corrected chi connectivity index (χ0v) is 26.9. The summed E-state index contributed by atoms with van der Waals surface area (Å²) in [6.07, 6.45) is 4.76. The van der Waals surface area contributed by atoms with Gasteiger partial charge in [-0.25, -0.2) is 0 Å². The molecule has 0 spiro atoms. The first-order chi connectivity index (χ1) is 21.7. The third-order valence-electron chi connectivity index (χ3n) is 10.5. The predicted molar refractivity (Wildman–Crippen MR) is 192 cm³/mol. The van der Waals surface area contributed by atoms with Crippen LogP contribution in [-0.2, 0) is 0 Å². The highest BCUT2D eigenvalue weighted by atomic mass is 31.1. The summed E-state index contributed by atoms with van der Waals surface area (Å²) < 4.78 is 0. The van der Waals surface area contributed by atoms with Crippen LogP contribution < -0.4 is 31.9 Å². The fourth-order valence-electron chi connectivity index (χ4n) is 8.24. The van der Waals surface area contributed by atoms with Gasteiger partial charge < -0.3 is 10.6 Å². The Morgan fingerprint density at radius 3 is 1.43 bits per heavy atom. The molecule has 3 atom stereocenters. The molecule has 1 heterocycles. The van der Waals surface area contributed by atoms with Gasteiger partial charge in [-0.15, -0.1) is 0 Å².